The fourth-order valence-electron chi connectivity index (χ4n) is 1.99. The predicted octanol–water partition coefficient (Wildman–Crippen LogP) is -0.321. The van der Waals surface area contributed by atoms with Gasteiger partial charge in [0.2, 0.25) is 5.91 Å². The van der Waals surface area contributed by atoms with E-state index in [4.69, 9.17) is 4.55 Å². The first-order valence-corrected chi connectivity index (χ1v) is 7.48. The van der Waals surface area contributed by atoms with Gasteiger partial charge >= 0.3 is 10.4 Å². The van der Waals surface area contributed by atoms with Crippen LogP contribution in [0.25, 0.3) is 0 Å². The van der Waals surface area contributed by atoms with Crippen LogP contribution in [-0.2, 0) is 30.7 Å². The van der Waals surface area contributed by atoms with Crippen molar-refractivity contribution in [1.82, 2.24) is 10.4 Å². The van der Waals surface area contributed by atoms with Gasteiger partial charge < -0.3 is 5.32 Å². The molecule has 1 aromatic carbocycles. The number of rotatable bonds is 5. The molecule has 0 aliphatic carbocycles. The third-order valence-electron chi connectivity index (χ3n) is 3.03. The SMILES string of the molecule is C[C@@H]1[C@H](NC(=O)Cc2ccccc2)C(=O)N1OS(=O)(=O)O. The first-order valence-electron chi connectivity index (χ1n) is 6.11. The van der Waals surface area contributed by atoms with Gasteiger partial charge in [0.05, 0.1) is 12.5 Å². The summed E-state index contributed by atoms with van der Waals surface area (Å²) in [7, 11) is -4.76. The summed E-state index contributed by atoms with van der Waals surface area (Å²) < 4.78 is 33.7. The van der Waals surface area contributed by atoms with Crippen molar-refractivity contribution >= 4 is 22.2 Å². The van der Waals surface area contributed by atoms with Crippen molar-refractivity contribution in [1.29, 1.82) is 0 Å². The van der Waals surface area contributed by atoms with E-state index in [1.165, 1.54) is 6.92 Å². The van der Waals surface area contributed by atoms with Crippen LogP contribution in [0.2, 0.25) is 0 Å². The Hall–Kier alpha value is -1.97. The minimum atomic E-state index is -4.76. The fourth-order valence-corrected chi connectivity index (χ4v) is 2.40. The van der Waals surface area contributed by atoms with E-state index in [9.17, 15) is 18.0 Å². The minimum absolute atomic E-state index is 0.108. The smallest absolute Gasteiger partial charge is 0.342 e. The van der Waals surface area contributed by atoms with Gasteiger partial charge in [0, 0.05) is 0 Å². The molecule has 2 rings (SSSR count). The van der Waals surface area contributed by atoms with Crippen LogP contribution in [0.15, 0.2) is 30.3 Å². The molecule has 2 atom stereocenters. The van der Waals surface area contributed by atoms with E-state index in [1.807, 2.05) is 6.07 Å². The van der Waals surface area contributed by atoms with Crippen molar-refractivity contribution in [2.75, 3.05) is 0 Å². The number of hydrogen-bond donors (Lipinski definition) is 2. The predicted molar refractivity (Wildman–Crippen MR) is 71.0 cm³/mol. The molecule has 2 amide bonds. The van der Waals surface area contributed by atoms with E-state index >= 15 is 0 Å². The maximum absolute atomic E-state index is 11.8. The second-order valence-corrected chi connectivity index (χ2v) is 5.62. The molecular weight excluding hydrogens is 300 g/mol. The molecular formula is C12H14N2O6S. The van der Waals surface area contributed by atoms with Gasteiger partial charge in [-0.2, -0.15) is 13.5 Å². The monoisotopic (exact) mass is 314 g/mol. The lowest BCUT2D eigenvalue weighted by molar-refractivity contribution is -0.196. The number of hydroxylamine groups is 2. The van der Waals surface area contributed by atoms with Crippen LogP contribution in [0.5, 0.6) is 0 Å². The summed E-state index contributed by atoms with van der Waals surface area (Å²) in [5.74, 6) is -1.10. The quantitative estimate of drug-likeness (QED) is 0.569. The number of hydrogen-bond acceptors (Lipinski definition) is 5. The van der Waals surface area contributed by atoms with Crippen LogP contribution in [0.1, 0.15) is 12.5 Å². The zero-order chi connectivity index (χ0) is 15.6. The molecule has 1 aliphatic heterocycles. The number of carbonyl (C=O) groups excluding carboxylic acids is 2. The molecule has 9 heteroatoms. The third-order valence-corrected chi connectivity index (χ3v) is 3.38. The van der Waals surface area contributed by atoms with Gasteiger partial charge in [0.15, 0.2) is 0 Å². The number of benzene rings is 1. The lowest BCUT2D eigenvalue weighted by Gasteiger charge is -2.42. The first-order chi connectivity index (χ1) is 9.78. The largest absolute Gasteiger partial charge is 0.418 e. The van der Waals surface area contributed by atoms with Crippen molar-refractivity contribution < 1.29 is 26.8 Å². The molecule has 1 aliphatic rings. The topological polar surface area (TPSA) is 113 Å². The first kappa shape index (κ1) is 15.4. The lowest BCUT2D eigenvalue weighted by atomic mass is 10.00. The minimum Gasteiger partial charge on any atom is -0.342 e. The number of nitrogens with zero attached hydrogens (tertiary/aromatic N) is 1. The van der Waals surface area contributed by atoms with Crippen LogP contribution >= 0.6 is 0 Å². The Morgan fingerprint density at radius 2 is 2.00 bits per heavy atom. The van der Waals surface area contributed by atoms with Crippen LogP contribution in [0, 0.1) is 0 Å². The maximum Gasteiger partial charge on any atom is 0.418 e. The summed E-state index contributed by atoms with van der Waals surface area (Å²) in [5.41, 5.74) is 0.792. The summed E-state index contributed by atoms with van der Waals surface area (Å²) in [6.07, 6.45) is 0.108. The molecule has 8 nitrogen and oxygen atoms in total. The average molecular weight is 314 g/mol. The van der Waals surface area contributed by atoms with Gasteiger partial charge in [-0.1, -0.05) is 30.3 Å². The van der Waals surface area contributed by atoms with E-state index in [2.05, 4.69) is 9.60 Å². The zero-order valence-corrected chi connectivity index (χ0v) is 11.9. The summed E-state index contributed by atoms with van der Waals surface area (Å²) in [5, 5.41) is 3.00. The molecule has 0 bridgehead atoms. The zero-order valence-electron chi connectivity index (χ0n) is 11.1. The van der Waals surface area contributed by atoms with Crippen molar-refractivity contribution in [3.05, 3.63) is 35.9 Å². The lowest BCUT2D eigenvalue weighted by Crippen LogP contribution is -2.69. The third kappa shape index (κ3) is 3.78. The van der Waals surface area contributed by atoms with Gasteiger partial charge in [-0.3, -0.25) is 14.1 Å². The average Bonchev–Trinajstić information content (AvgIpc) is 2.42. The normalized spacial score (nSPS) is 21.8. The number of nitrogens with one attached hydrogen (secondary N) is 1. The molecule has 1 heterocycles. The molecule has 0 unspecified atom stereocenters. The Bertz CT molecular complexity index is 645. The molecule has 1 saturated heterocycles. The molecule has 0 aromatic heterocycles. The Kier molecular flexibility index (Phi) is 4.26. The molecule has 0 saturated carbocycles. The van der Waals surface area contributed by atoms with Gasteiger partial charge in [-0.25, -0.2) is 0 Å². The van der Waals surface area contributed by atoms with E-state index in [0.29, 0.717) is 5.06 Å². The molecule has 2 N–H and O–H groups in total. The van der Waals surface area contributed by atoms with Crippen LogP contribution in [-0.4, -0.2) is 41.9 Å². The van der Waals surface area contributed by atoms with Crippen molar-refractivity contribution in [2.24, 2.45) is 0 Å². The molecule has 1 fully saturated rings. The summed E-state index contributed by atoms with van der Waals surface area (Å²) in [6.45, 7) is 1.49. The molecule has 1 aromatic rings. The van der Waals surface area contributed by atoms with Gasteiger partial charge in [0.1, 0.15) is 6.04 Å². The highest BCUT2D eigenvalue weighted by molar-refractivity contribution is 7.80. The molecule has 114 valence electrons. The molecule has 0 radical (unpaired) electrons. The highest BCUT2D eigenvalue weighted by atomic mass is 32.3. The van der Waals surface area contributed by atoms with E-state index in [1.54, 1.807) is 24.3 Å². The summed E-state index contributed by atoms with van der Waals surface area (Å²) >= 11 is 0. The van der Waals surface area contributed by atoms with Crippen LogP contribution in [0.4, 0.5) is 0 Å². The van der Waals surface area contributed by atoms with Gasteiger partial charge in [0.25, 0.3) is 5.91 Å². The fraction of sp³-hybridized carbons (Fsp3) is 0.333. The second kappa shape index (κ2) is 5.80. The van der Waals surface area contributed by atoms with Crippen molar-refractivity contribution in [2.45, 2.75) is 25.4 Å². The Morgan fingerprint density at radius 3 is 2.52 bits per heavy atom. The van der Waals surface area contributed by atoms with E-state index in [0.717, 1.165) is 5.56 Å². The van der Waals surface area contributed by atoms with Gasteiger partial charge in [-0.15, -0.1) is 4.28 Å². The van der Waals surface area contributed by atoms with Crippen LogP contribution < -0.4 is 5.32 Å². The number of carbonyl (C=O) groups is 2. The molecule has 21 heavy (non-hydrogen) atoms. The molecule has 0 spiro atoms. The standard InChI is InChI=1S/C12H14N2O6S/c1-8-11(12(16)14(8)20-21(17,18)19)13-10(15)7-9-5-3-2-4-6-9/h2-6,8,11H,7H2,1H3,(H,13,15)(H,17,18,19)/t8-,11+/m1/s1. The van der Waals surface area contributed by atoms with Crippen molar-refractivity contribution in [3.8, 4) is 0 Å². The maximum atomic E-state index is 11.8. The summed E-state index contributed by atoms with van der Waals surface area (Å²) in [6, 6.07) is 7.40. The van der Waals surface area contributed by atoms with E-state index < -0.39 is 28.4 Å². The second-order valence-electron chi connectivity index (χ2n) is 4.61. The Balaban J connectivity index is 1.90. The van der Waals surface area contributed by atoms with E-state index in [-0.39, 0.29) is 12.3 Å². The highest BCUT2D eigenvalue weighted by Crippen LogP contribution is 2.21. The Morgan fingerprint density at radius 1 is 1.38 bits per heavy atom. The van der Waals surface area contributed by atoms with Gasteiger partial charge in [-0.05, 0) is 12.5 Å². The highest BCUT2D eigenvalue weighted by Gasteiger charge is 2.48. The summed E-state index contributed by atoms with van der Waals surface area (Å²) in [4.78, 5) is 23.5. The Labute approximate surface area is 121 Å². The van der Waals surface area contributed by atoms with Crippen LogP contribution in [0.3, 0.4) is 0 Å². The number of amides is 2. The van der Waals surface area contributed by atoms with Crippen molar-refractivity contribution in [3.63, 3.8) is 0 Å². The number of β-lactam (4-membered cyclic amide) rings is 1.